The molecule has 0 fully saturated rings. The van der Waals surface area contributed by atoms with E-state index < -0.39 is 5.91 Å². The number of nitrogens with zero attached hydrogens (tertiary/aromatic N) is 7. The quantitative estimate of drug-likeness (QED) is 0.674. The molecule has 0 bridgehead atoms. The van der Waals surface area contributed by atoms with Crippen LogP contribution in [0.2, 0.25) is 0 Å². The van der Waals surface area contributed by atoms with Crippen LogP contribution in [0.5, 0.6) is 0 Å². The molecule has 106 valence electrons. The maximum absolute atomic E-state index is 11.1. The van der Waals surface area contributed by atoms with Crippen molar-refractivity contribution in [3.63, 3.8) is 0 Å². The molecule has 20 heavy (non-hydrogen) atoms. The Labute approximate surface area is 115 Å². The molecule has 0 aliphatic heterocycles. The summed E-state index contributed by atoms with van der Waals surface area (Å²) in [6.45, 7) is 2.44. The molecule has 0 aliphatic carbocycles. The monoisotopic (exact) mass is 277 g/mol. The van der Waals surface area contributed by atoms with Gasteiger partial charge in [0, 0.05) is 13.6 Å². The van der Waals surface area contributed by atoms with Crippen molar-refractivity contribution >= 4 is 17.8 Å². The minimum Gasteiger partial charge on any atom is -0.368 e. The fourth-order valence-corrected chi connectivity index (χ4v) is 1.53. The van der Waals surface area contributed by atoms with Crippen molar-refractivity contribution in [2.24, 2.45) is 5.73 Å². The maximum atomic E-state index is 11.1. The molecular formula is C10H15N9O. The van der Waals surface area contributed by atoms with Gasteiger partial charge in [-0.15, -0.1) is 0 Å². The van der Waals surface area contributed by atoms with E-state index in [1.807, 2.05) is 6.92 Å². The Hall–Kier alpha value is -2.78. The zero-order chi connectivity index (χ0) is 14.5. The van der Waals surface area contributed by atoms with Crippen molar-refractivity contribution in [2.45, 2.75) is 6.92 Å². The van der Waals surface area contributed by atoms with Gasteiger partial charge in [-0.2, -0.15) is 24.7 Å². The van der Waals surface area contributed by atoms with E-state index in [0.29, 0.717) is 24.4 Å². The average molecular weight is 277 g/mol. The normalized spacial score (nSPS) is 10.3. The number of hydrogen-bond donors (Lipinski definition) is 2. The summed E-state index contributed by atoms with van der Waals surface area (Å²) in [4.78, 5) is 29.2. The summed E-state index contributed by atoms with van der Waals surface area (Å²) in [7, 11) is 1.69. The van der Waals surface area contributed by atoms with Crippen molar-refractivity contribution < 1.29 is 4.79 Å². The van der Waals surface area contributed by atoms with Gasteiger partial charge in [0.05, 0.1) is 6.54 Å². The number of primary amides is 1. The van der Waals surface area contributed by atoms with Gasteiger partial charge in [-0.3, -0.25) is 4.79 Å². The predicted octanol–water partition coefficient (Wildman–Crippen LogP) is -1.19. The molecule has 2 rings (SSSR count). The zero-order valence-electron chi connectivity index (χ0n) is 11.2. The molecule has 2 aromatic heterocycles. The van der Waals surface area contributed by atoms with Gasteiger partial charge in [0.15, 0.2) is 0 Å². The summed E-state index contributed by atoms with van der Waals surface area (Å²) in [6, 6.07) is 0. The number of hydrogen-bond acceptors (Lipinski definition) is 8. The van der Waals surface area contributed by atoms with Gasteiger partial charge in [-0.1, -0.05) is 0 Å². The van der Waals surface area contributed by atoms with Crippen molar-refractivity contribution in [3.05, 3.63) is 12.7 Å². The number of aromatic nitrogens is 6. The van der Waals surface area contributed by atoms with Crippen molar-refractivity contribution in [1.29, 1.82) is 0 Å². The highest BCUT2D eigenvalue weighted by atomic mass is 16.1. The predicted molar refractivity (Wildman–Crippen MR) is 71.4 cm³/mol. The molecule has 2 heterocycles. The van der Waals surface area contributed by atoms with E-state index >= 15 is 0 Å². The average Bonchev–Trinajstić information content (AvgIpc) is 2.98. The first-order valence-corrected chi connectivity index (χ1v) is 5.96. The van der Waals surface area contributed by atoms with Gasteiger partial charge in [0.25, 0.3) is 5.95 Å². The van der Waals surface area contributed by atoms with E-state index in [2.05, 4.69) is 30.4 Å². The highest BCUT2D eigenvalue weighted by Crippen LogP contribution is 2.12. The molecule has 2 aromatic rings. The Bertz CT molecular complexity index is 582. The molecule has 0 aromatic carbocycles. The molecule has 3 N–H and O–H groups in total. The number of anilines is 2. The largest absolute Gasteiger partial charge is 0.368 e. The van der Waals surface area contributed by atoms with Crippen LogP contribution in [0.25, 0.3) is 5.95 Å². The molecule has 0 spiro atoms. The van der Waals surface area contributed by atoms with Gasteiger partial charge >= 0.3 is 0 Å². The molecule has 10 nitrogen and oxygen atoms in total. The van der Waals surface area contributed by atoms with Gasteiger partial charge in [0.1, 0.15) is 12.7 Å². The number of carbonyl (C=O) groups excluding carboxylic acids is 1. The second-order valence-electron chi connectivity index (χ2n) is 3.83. The Morgan fingerprint density at radius 2 is 2.25 bits per heavy atom. The molecule has 1 amide bonds. The summed E-state index contributed by atoms with van der Waals surface area (Å²) < 4.78 is 1.41. The van der Waals surface area contributed by atoms with Crippen LogP contribution in [0, 0.1) is 0 Å². The second kappa shape index (κ2) is 5.91. The first-order chi connectivity index (χ1) is 9.63. The van der Waals surface area contributed by atoms with E-state index in [4.69, 9.17) is 5.73 Å². The summed E-state index contributed by atoms with van der Waals surface area (Å²) in [5, 5.41) is 6.80. The molecule has 0 unspecified atom stereocenters. The Balaban J connectivity index is 2.42. The number of likely N-dealkylation sites (N-methyl/N-ethyl adjacent to an activating group) is 1. The van der Waals surface area contributed by atoms with Crippen LogP contribution in [0.15, 0.2) is 12.7 Å². The van der Waals surface area contributed by atoms with Gasteiger partial charge in [0.2, 0.25) is 17.8 Å². The van der Waals surface area contributed by atoms with Crippen LogP contribution >= 0.6 is 0 Å². The summed E-state index contributed by atoms with van der Waals surface area (Å²) >= 11 is 0. The number of rotatable bonds is 6. The third-order valence-corrected chi connectivity index (χ3v) is 2.47. The molecule has 0 saturated carbocycles. The molecular weight excluding hydrogens is 262 g/mol. The number of nitrogens with two attached hydrogens (primary N) is 1. The molecule has 0 saturated heterocycles. The smallest absolute Gasteiger partial charge is 0.258 e. The first kappa shape index (κ1) is 13.6. The van der Waals surface area contributed by atoms with Crippen molar-refractivity contribution in [2.75, 3.05) is 30.4 Å². The molecule has 0 atom stereocenters. The fraction of sp³-hybridized carbons (Fsp3) is 0.400. The Kier molecular flexibility index (Phi) is 4.03. The van der Waals surface area contributed by atoms with E-state index in [1.165, 1.54) is 17.3 Å². The standard InChI is InChI=1S/C10H15N9O/c1-3-18(4-7(11)20)9-15-8(12-2)16-10(17-9)19-6-13-5-14-19/h5-6H,3-4H2,1-2H3,(H2,11,20)(H,12,15,16,17). The van der Waals surface area contributed by atoms with Crippen LogP contribution in [0.3, 0.4) is 0 Å². The second-order valence-corrected chi connectivity index (χ2v) is 3.83. The van der Waals surface area contributed by atoms with Crippen LogP contribution < -0.4 is 16.0 Å². The summed E-state index contributed by atoms with van der Waals surface area (Å²) in [6.07, 6.45) is 2.85. The highest BCUT2D eigenvalue weighted by Gasteiger charge is 2.14. The number of nitrogens with one attached hydrogen (secondary N) is 1. The van der Waals surface area contributed by atoms with Gasteiger partial charge in [-0.25, -0.2) is 4.98 Å². The van der Waals surface area contributed by atoms with E-state index in [-0.39, 0.29) is 6.54 Å². The lowest BCUT2D eigenvalue weighted by atomic mass is 10.5. The van der Waals surface area contributed by atoms with Crippen LogP contribution in [0.4, 0.5) is 11.9 Å². The van der Waals surface area contributed by atoms with E-state index in [9.17, 15) is 4.79 Å². The summed E-state index contributed by atoms with van der Waals surface area (Å²) in [5.41, 5.74) is 5.21. The zero-order valence-corrected chi connectivity index (χ0v) is 11.2. The third kappa shape index (κ3) is 2.96. The van der Waals surface area contributed by atoms with Crippen molar-refractivity contribution in [3.8, 4) is 5.95 Å². The van der Waals surface area contributed by atoms with Crippen LogP contribution in [-0.4, -0.2) is 55.8 Å². The molecule has 0 aliphatic rings. The minimum atomic E-state index is -0.458. The Morgan fingerprint density at radius 3 is 2.80 bits per heavy atom. The fourth-order valence-electron chi connectivity index (χ4n) is 1.53. The summed E-state index contributed by atoms with van der Waals surface area (Å²) in [5.74, 6) is 0.555. The maximum Gasteiger partial charge on any atom is 0.258 e. The van der Waals surface area contributed by atoms with Crippen molar-refractivity contribution in [1.82, 2.24) is 29.7 Å². The third-order valence-electron chi connectivity index (χ3n) is 2.47. The first-order valence-electron chi connectivity index (χ1n) is 5.96. The minimum absolute atomic E-state index is 0.0282. The topological polar surface area (TPSA) is 128 Å². The van der Waals surface area contributed by atoms with Crippen LogP contribution in [0.1, 0.15) is 6.92 Å². The molecule has 10 heteroatoms. The number of carbonyl (C=O) groups is 1. The van der Waals surface area contributed by atoms with Crippen LogP contribution in [-0.2, 0) is 4.79 Å². The molecule has 0 radical (unpaired) electrons. The number of amides is 1. The lowest BCUT2D eigenvalue weighted by Crippen LogP contribution is -2.35. The Morgan fingerprint density at radius 1 is 1.45 bits per heavy atom. The lowest BCUT2D eigenvalue weighted by Gasteiger charge is -2.19. The van der Waals surface area contributed by atoms with Gasteiger partial charge < -0.3 is 16.0 Å². The van der Waals surface area contributed by atoms with Gasteiger partial charge in [-0.05, 0) is 6.92 Å². The lowest BCUT2D eigenvalue weighted by molar-refractivity contribution is -0.116. The van der Waals surface area contributed by atoms with E-state index in [0.717, 1.165) is 0 Å². The van der Waals surface area contributed by atoms with E-state index in [1.54, 1.807) is 11.9 Å². The SMILES string of the molecule is CCN(CC(N)=O)c1nc(NC)nc(-n2cncn2)n1. The highest BCUT2D eigenvalue weighted by molar-refractivity contribution is 5.78.